The summed E-state index contributed by atoms with van der Waals surface area (Å²) in [6.45, 7) is 4.81. The Kier molecular flexibility index (Phi) is 5.37. The minimum atomic E-state index is -0.612. The van der Waals surface area contributed by atoms with Gasteiger partial charge in [-0.3, -0.25) is 0 Å². The zero-order valence-corrected chi connectivity index (χ0v) is 8.77. The van der Waals surface area contributed by atoms with Crippen LogP contribution in [-0.4, -0.2) is 30.7 Å². The third-order valence-electron chi connectivity index (χ3n) is 2.85. The first-order chi connectivity index (χ1) is 6.33. The lowest BCUT2D eigenvalue weighted by Crippen LogP contribution is -2.33. The number of likely N-dealkylation sites (tertiary alicyclic amines) is 1. The Morgan fingerprint density at radius 1 is 1.08 bits per heavy atom. The Morgan fingerprint density at radius 3 is 2.15 bits per heavy atom. The summed E-state index contributed by atoms with van der Waals surface area (Å²) in [5, 5.41) is 0. The first-order valence-corrected chi connectivity index (χ1v) is 5.69. The van der Waals surface area contributed by atoms with Crippen molar-refractivity contribution in [3.63, 3.8) is 0 Å². The topological polar surface area (TPSA) is 3.24 Å². The monoisotopic (exact) mass is 187 g/mol. The lowest BCUT2D eigenvalue weighted by molar-refractivity contribution is 0.175. The number of halogens is 1. The Hall–Kier alpha value is -0.110. The second kappa shape index (κ2) is 6.36. The van der Waals surface area contributed by atoms with E-state index in [1.807, 2.05) is 6.92 Å². The average Bonchev–Trinajstić information content (AvgIpc) is 2.09. The Bertz CT molecular complexity index is 119. The smallest absolute Gasteiger partial charge is 0.112 e. The molecular weight excluding hydrogens is 165 g/mol. The quantitative estimate of drug-likeness (QED) is 0.656. The van der Waals surface area contributed by atoms with E-state index in [2.05, 4.69) is 4.90 Å². The van der Waals surface area contributed by atoms with Gasteiger partial charge in [0.15, 0.2) is 0 Å². The van der Waals surface area contributed by atoms with Gasteiger partial charge in [-0.05, 0) is 32.4 Å². The van der Waals surface area contributed by atoms with Gasteiger partial charge in [-0.1, -0.05) is 26.2 Å². The molecule has 1 fully saturated rings. The van der Waals surface area contributed by atoms with Gasteiger partial charge in [-0.25, -0.2) is 4.39 Å². The van der Waals surface area contributed by atoms with Crippen LogP contribution in [0.15, 0.2) is 0 Å². The van der Waals surface area contributed by atoms with E-state index in [9.17, 15) is 4.39 Å². The van der Waals surface area contributed by atoms with Gasteiger partial charge in [-0.15, -0.1) is 0 Å². The molecular formula is C11H22FN. The lowest BCUT2D eigenvalue weighted by atomic mass is 10.1. The number of rotatable bonds is 3. The van der Waals surface area contributed by atoms with E-state index >= 15 is 0 Å². The molecule has 1 rings (SSSR count). The normalized spacial score (nSPS) is 23.5. The maximum absolute atomic E-state index is 13.1. The highest BCUT2D eigenvalue weighted by molar-refractivity contribution is 4.66. The fraction of sp³-hybridized carbons (Fsp3) is 1.00. The summed E-state index contributed by atoms with van der Waals surface area (Å²) in [5.74, 6) is 0. The third-order valence-corrected chi connectivity index (χ3v) is 2.85. The first-order valence-electron chi connectivity index (χ1n) is 5.69. The van der Waals surface area contributed by atoms with Crippen molar-refractivity contribution in [3.8, 4) is 0 Å². The molecule has 13 heavy (non-hydrogen) atoms. The van der Waals surface area contributed by atoms with E-state index in [-0.39, 0.29) is 0 Å². The Labute approximate surface area is 81.3 Å². The molecule has 1 heterocycles. The van der Waals surface area contributed by atoms with Gasteiger partial charge in [0, 0.05) is 6.54 Å². The summed E-state index contributed by atoms with van der Waals surface area (Å²) in [4.78, 5) is 2.30. The van der Waals surface area contributed by atoms with Gasteiger partial charge in [0.25, 0.3) is 0 Å². The predicted octanol–water partition coefficient (Wildman–Crippen LogP) is 3.00. The number of hydrogen-bond acceptors (Lipinski definition) is 1. The van der Waals surface area contributed by atoms with Crippen molar-refractivity contribution in [1.82, 2.24) is 4.90 Å². The summed E-state index contributed by atoms with van der Waals surface area (Å²) >= 11 is 0. The van der Waals surface area contributed by atoms with E-state index in [0.29, 0.717) is 13.0 Å². The maximum atomic E-state index is 13.1. The zero-order chi connectivity index (χ0) is 9.52. The van der Waals surface area contributed by atoms with Crippen molar-refractivity contribution >= 4 is 0 Å². The second-order valence-electron chi connectivity index (χ2n) is 4.07. The van der Waals surface area contributed by atoms with E-state index in [0.717, 1.165) is 13.1 Å². The molecule has 78 valence electrons. The summed E-state index contributed by atoms with van der Waals surface area (Å²) in [5.41, 5.74) is 0. The fourth-order valence-electron chi connectivity index (χ4n) is 1.90. The van der Waals surface area contributed by atoms with Gasteiger partial charge in [0.2, 0.25) is 0 Å². The van der Waals surface area contributed by atoms with Gasteiger partial charge in [0.05, 0.1) is 0 Å². The molecule has 1 aliphatic heterocycles. The molecule has 1 unspecified atom stereocenters. The maximum Gasteiger partial charge on any atom is 0.112 e. The van der Waals surface area contributed by atoms with Crippen molar-refractivity contribution in [2.75, 3.05) is 19.6 Å². The zero-order valence-electron chi connectivity index (χ0n) is 8.77. The highest BCUT2D eigenvalue weighted by Crippen LogP contribution is 2.11. The molecule has 1 aliphatic rings. The molecule has 0 aromatic rings. The van der Waals surface area contributed by atoms with Crippen LogP contribution >= 0.6 is 0 Å². The fourth-order valence-corrected chi connectivity index (χ4v) is 1.90. The van der Waals surface area contributed by atoms with Gasteiger partial charge in [-0.2, -0.15) is 0 Å². The molecule has 0 N–H and O–H groups in total. The van der Waals surface area contributed by atoms with Crippen LogP contribution < -0.4 is 0 Å². The molecule has 0 radical (unpaired) electrons. The van der Waals surface area contributed by atoms with Crippen LogP contribution in [0.1, 0.15) is 45.4 Å². The molecule has 0 spiro atoms. The van der Waals surface area contributed by atoms with E-state index in [1.165, 1.54) is 32.1 Å². The Morgan fingerprint density at radius 2 is 1.62 bits per heavy atom. The van der Waals surface area contributed by atoms with E-state index in [1.54, 1.807) is 0 Å². The largest absolute Gasteiger partial charge is 0.300 e. The van der Waals surface area contributed by atoms with Crippen molar-refractivity contribution < 1.29 is 4.39 Å². The molecule has 1 nitrogen and oxygen atoms in total. The number of alkyl halides is 1. The molecule has 0 bridgehead atoms. The van der Waals surface area contributed by atoms with Crippen molar-refractivity contribution in [2.45, 2.75) is 51.6 Å². The minimum Gasteiger partial charge on any atom is -0.300 e. The van der Waals surface area contributed by atoms with Crippen LogP contribution in [0.2, 0.25) is 0 Å². The molecule has 0 saturated carbocycles. The highest BCUT2D eigenvalue weighted by atomic mass is 19.1. The third kappa shape index (κ3) is 4.61. The lowest BCUT2D eigenvalue weighted by Gasteiger charge is -2.25. The van der Waals surface area contributed by atoms with Crippen molar-refractivity contribution in [1.29, 1.82) is 0 Å². The molecule has 1 atom stereocenters. The van der Waals surface area contributed by atoms with Gasteiger partial charge >= 0.3 is 0 Å². The van der Waals surface area contributed by atoms with Crippen molar-refractivity contribution in [2.24, 2.45) is 0 Å². The molecule has 2 heteroatoms. The van der Waals surface area contributed by atoms with Crippen LogP contribution in [0.5, 0.6) is 0 Å². The van der Waals surface area contributed by atoms with E-state index in [4.69, 9.17) is 0 Å². The second-order valence-corrected chi connectivity index (χ2v) is 4.07. The minimum absolute atomic E-state index is 0.612. The first kappa shape index (κ1) is 11.0. The van der Waals surface area contributed by atoms with Crippen molar-refractivity contribution in [3.05, 3.63) is 0 Å². The standard InChI is InChI=1S/C11H22FN/c1-2-11(12)10-13-8-6-4-3-5-7-9-13/h11H,2-10H2,1H3. The Balaban J connectivity index is 2.21. The molecule has 0 aromatic heterocycles. The molecule has 0 aliphatic carbocycles. The predicted molar refractivity (Wildman–Crippen MR) is 54.7 cm³/mol. The molecule has 0 amide bonds. The van der Waals surface area contributed by atoms with Crippen LogP contribution in [-0.2, 0) is 0 Å². The average molecular weight is 187 g/mol. The SMILES string of the molecule is CCC(F)CN1CCCCCCC1. The van der Waals surface area contributed by atoms with Gasteiger partial charge in [0.1, 0.15) is 6.17 Å². The van der Waals surface area contributed by atoms with E-state index < -0.39 is 6.17 Å². The van der Waals surface area contributed by atoms with Crippen LogP contribution in [0, 0.1) is 0 Å². The summed E-state index contributed by atoms with van der Waals surface area (Å²) < 4.78 is 13.1. The summed E-state index contributed by atoms with van der Waals surface area (Å²) in [6, 6.07) is 0. The highest BCUT2D eigenvalue weighted by Gasteiger charge is 2.12. The number of hydrogen-bond donors (Lipinski definition) is 0. The van der Waals surface area contributed by atoms with Crippen LogP contribution in [0.25, 0.3) is 0 Å². The van der Waals surface area contributed by atoms with Crippen LogP contribution in [0.3, 0.4) is 0 Å². The van der Waals surface area contributed by atoms with Gasteiger partial charge < -0.3 is 4.90 Å². The summed E-state index contributed by atoms with van der Waals surface area (Å²) in [6.07, 6.45) is 6.61. The molecule has 0 aromatic carbocycles. The number of nitrogens with zero attached hydrogens (tertiary/aromatic N) is 1. The molecule has 1 saturated heterocycles. The summed E-state index contributed by atoms with van der Waals surface area (Å²) in [7, 11) is 0. The van der Waals surface area contributed by atoms with Crippen LogP contribution in [0.4, 0.5) is 4.39 Å².